The summed E-state index contributed by atoms with van der Waals surface area (Å²) in [5.41, 5.74) is -2.47. The molecule has 1 unspecified atom stereocenters. The highest BCUT2D eigenvalue weighted by atomic mass is 35.5. The molecule has 0 spiro atoms. The molecule has 0 aliphatic rings. The highest BCUT2D eigenvalue weighted by Crippen LogP contribution is 2.37. The first-order chi connectivity index (χ1) is 19.5. The van der Waals surface area contributed by atoms with Gasteiger partial charge in [0.15, 0.2) is 12.0 Å². The number of nitrogens with zero attached hydrogens (tertiary/aromatic N) is 5. The molecule has 0 aliphatic heterocycles. The fourth-order valence-corrected chi connectivity index (χ4v) is 4.28. The molecule has 0 radical (unpaired) electrons. The predicted molar refractivity (Wildman–Crippen MR) is 151 cm³/mol. The highest BCUT2D eigenvalue weighted by molar-refractivity contribution is 6.37. The molecule has 0 bridgehead atoms. The van der Waals surface area contributed by atoms with E-state index in [1.54, 1.807) is 19.9 Å². The first-order valence-corrected chi connectivity index (χ1v) is 13.6. The quantitative estimate of drug-likeness (QED) is 0.300. The molecule has 218 valence electrons. The summed E-state index contributed by atoms with van der Waals surface area (Å²) in [5.74, 6) is -0.355. The zero-order valence-corrected chi connectivity index (χ0v) is 24.4. The van der Waals surface area contributed by atoms with E-state index in [0.29, 0.717) is 12.1 Å². The van der Waals surface area contributed by atoms with Gasteiger partial charge in [-0.1, -0.05) is 63.2 Å². The van der Waals surface area contributed by atoms with Gasteiger partial charge in [0.05, 0.1) is 15.7 Å². The molecule has 1 amide bonds. The number of rotatable bonds is 11. The molecule has 15 heteroatoms. The minimum absolute atomic E-state index is 0.0497. The molecular formula is C26H29Cl2N7O6. The molecule has 1 atom stereocenters. The average molecular weight is 606 g/mol. The summed E-state index contributed by atoms with van der Waals surface area (Å²) >= 11 is 12.8. The minimum atomic E-state index is -1.07. The van der Waals surface area contributed by atoms with Crippen molar-refractivity contribution in [1.82, 2.24) is 29.9 Å². The number of alkyl carbamates (subject to hydrolysis) is 1. The molecule has 0 aliphatic carbocycles. The number of hydrogen-bond donors (Lipinski definition) is 2. The van der Waals surface area contributed by atoms with Crippen molar-refractivity contribution < 1.29 is 14.3 Å². The summed E-state index contributed by atoms with van der Waals surface area (Å²) < 4.78 is 13.0. The maximum atomic E-state index is 13.1. The lowest BCUT2D eigenvalue weighted by atomic mass is 10.1. The SMILES string of the molecule is CCCCCCNC(=O)OC(C)n1nc(Oc2c(Cl)cc(-n3nc(C#N)c(=O)[nH]c3=O)cc2Cl)cc(C(C)C)c1=O. The van der Waals surface area contributed by atoms with Crippen LogP contribution in [0.1, 0.15) is 76.8 Å². The Kier molecular flexibility index (Phi) is 10.7. The summed E-state index contributed by atoms with van der Waals surface area (Å²) in [6.07, 6.45) is 2.17. The Morgan fingerprint density at radius 2 is 1.78 bits per heavy atom. The van der Waals surface area contributed by atoms with Gasteiger partial charge in [0.25, 0.3) is 11.1 Å². The van der Waals surface area contributed by atoms with E-state index in [-0.39, 0.29) is 33.3 Å². The fraction of sp³-hybridized carbons (Fsp3) is 0.423. The number of unbranched alkanes of at least 4 members (excludes halogenated alkanes) is 3. The van der Waals surface area contributed by atoms with Gasteiger partial charge in [0.2, 0.25) is 11.6 Å². The van der Waals surface area contributed by atoms with E-state index in [0.717, 1.165) is 35.0 Å². The van der Waals surface area contributed by atoms with Gasteiger partial charge in [-0.05, 0) is 31.4 Å². The van der Waals surface area contributed by atoms with Gasteiger partial charge in [0, 0.05) is 18.2 Å². The van der Waals surface area contributed by atoms with Crippen molar-refractivity contribution in [1.29, 1.82) is 5.26 Å². The van der Waals surface area contributed by atoms with Crippen LogP contribution < -0.4 is 26.9 Å². The van der Waals surface area contributed by atoms with Crippen molar-refractivity contribution in [2.24, 2.45) is 0 Å². The second-order valence-corrected chi connectivity index (χ2v) is 10.1. The molecule has 2 heterocycles. The molecule has 3 aromatic rings. The van der Waals surface area contributed by atoms with Gasteiger partial charge < -0.3 is 14.8 Å². The van der Waals surface area contributed by atoms with Crippen molar-refractivity contribution in [3.05, 3.63) is 70.7 Å². The van der Waals surface area contributed by atoms with E-state index in [9.17, 15) is 19.2 Å². The van der Waals surface area contributed by atoms with E-state index in [1.165, 1.54) is 25.1 Å². The lowest BCUT2D eigenvalue weighted by molar-refractivity contribution is 0.0553. The zero-order valence-electron chi connectivity index (χ0n) is 22.9. The van der Waals surface area contributed by atoms with Crippen LogP contribution in [0.2, 0.25) is 10.0 Å². The number of aromatic amines is 1. The summed E-state index contributed by atoms with van der Waals surface area (Å²) in [4.78, 5) is 51.3. The maximum absolute atomic E-state index is 13.1. The van der Waals surface area contributed by atoms with Crippen molar-refractivity contribution in [3.63, 3.8) is 0 Å². The van der Waals surface area contributed by atoms with Gasteiger partial charge in [-0.2, -0.15) is 14.6 Å². The van der Waals surface area contributed by atoms with Gasteiger partial charge in [0.1, 0.15) is 6.07 Å². The number of amides is 1. The maximum Gasteiger partial charge on any atom is 0.409 e. The lowest BCUT2D eigenvalue weighted by Gasteiger charge is -2.19. The number of carbonyl (C=O) groups is 1. The van der Waals surface area contributed by atoms with Crippen molar-refractivity contribution in [2.75, 3.05) is 6.54 Å². The van der Waals surface area contributed by atoms with Crippen molar-refractivity contribution in [2.45, 2.75) is 65.5 Å². The third kappa shape index (κ3) is 7.74. The summed E-state index contributed by atoms with van der Waals surface area (Å²) in [6, 6.07) is 5.59. The van der Waals surface area contributed by atoms with Crippen LogP contribution in [0.5, 0.6) is 11.6 Å². The molecule has 0 fully saturated rings. The summed E-state index contributed by atoms with van der Waals surface area (Å²) in [5, 5.41) is 19.5. The Bertz CT molecular complexity index is 1620. The van der Waals surface area contributed by atoms with E-state index in [4.69, 9.17) is 37.9 Å². The summed E-state index contributed by atoms with van der Waals surface area (Å²) in [7, 11) is 0. The average Bonchev–Trinajstić information content (AvgIpc) is 2.91. The largest absolute Gasteiger partial charge is 0.434 e. The van der Waals surface area contributed by atoms with E-state index < -0.39 is 34.8 Å². The number of ether oxygens (including phenoxy) is 2. The lowest BCUT2D eigenvalue weighted by Crippen LogP contribution is -2.34. The molecule has 2 aromatic heterocycles. The second kappa shape index (κ2) is 14.0. The number of benzene rings is 1. The number of aromatic nitrogens is 5. The van der Waals surface area contributed by atoms with Crippen LogP contribution in [0.3, 0.4) is 0 Å². The minimum Gasteiger partial charge on any atom is -0.434 e. The van der Waals surface area contributed by atoms with E-state index in [1.807, 2.05) is 4.98 Å². The third-order valence-electron chi connectivity index (χ3n) is 5.85. The van der Waals surface area contributed by atoms with Crippen LogP contribution in [0.15, 0.2) is 32.6 Å². The Morgan fingerprint density at radius 3 is 2.39 bits per heavy atom. The van der Waals surface area contributed by atoms with Crippen LogP contribution in [0.4, 0.5) is 4.79 Å². The normalized spacial score (nSPS) is 11.7. The van der Waals surface area contributed by atoms with Gasteiger partial charge in [-0.25, -0.2) is 9.59 Å². The Labute approximate surface area is 244 Å². The number of hydrogen-bond acceptors (Lipinski definition) is 9. The molecule has 41 heavy (non-hydrogen) atoms. The smallest absolute Gasteiger partial charge is 0.409 e. The zero-order chi connectivity index (χ0) is 30.3. The molecule has 1 aromatic carbocycles. The first-order valence-electron chi connectivity index (χ1n) is 12.9. The molecular weight excluding hydrogens is 577 g/mol. The number of nitriles is 1. The number of carbonyl (C=O) groups excluding carboxylic acids is 1. The van der Waals surface area contributed by atoms with Crippen molar-refractivity contribution >= 4 is 29.3 Å². The van der Waals surface area contributed by atoms with Gasteiger partial charge in [-0.15, -0.1) is 10.2 Å². The van der Waals surface area contributed by atoms with Crippen LogP contribution in [-0.2, 0) is 4.74 Å². The van der Waals surface area contributed by atoms with E-state index in [2.05, 4.69) is 22.4 Å². The topological polar surface area (TPSA) is 174 Å². The Morgan fingerprint density at radius 1 is 1.10 bits per heavy atom. The second-order valence-electron chi connectivity index (χ2n) is 9.31. The molecule has 0 saturated heterocycles. The molecule has 0 saturated carbocycles. The fourth-order valence-electron chi connectivity index (χ4n) is 3.73. The highest BCUT2D eigenvalue weighted by Gasteiger charge is 2.21. The number of halogens is 2. The Hall–Kier alpha value is -4.15. The predicted octanol–water partition coefficient (Wildman–Crippen LogP) is 4.40. The standard InChI is InChI=1S/C26H29Cl2N7O6/c1-5-6-7-8-9-30-26(39)40-15(4)34-24(37)17(14(2)3)12-21(33-34)41-22-18(27)10-16(11-19(22)28)35-25(38)31-23(36)20(13-29)32-35/h10-12,14-15H,5-9H2,1-4H3,(H,30,39)(H,31,36,38). The van der Waals surface area contributed by atoms with Crippen LogP contribution in [0.25, 0.3) is 5.69 Å². The number of H-pyrrole nitrogens is 1. The van der Waals surface area contributed by atoms with Gasteiger partial charge in [-0.3, -0.25) is 14.6 Å². The summed E-state index contributed by atoms with van der Waals surface area (Å²) in [6.45, 7) is 7.64. The monoisotopic (exact) mass is 605 g/mol. The number of nitrogens with one attached hydrogen (secondary N) is 2. The third-order valence-corrected chi connectivity index (χ3v) is 6.41. The first kappa shape index (κ1) is 31.4. The Balaban J connectivity index is 1.91. The van der Waals surface area contributed by atoms with Crippen LogP contribution in [0, 0.1) is 11.3 Å². The van der Waals surface area contributed by atoms with E-state index >= 15 is 0 Å². The van der Waals surface area contributed by atoms with Crippen molar-refractivity contribution in [3.8, 4) is 23.4 Å². The molecule has 3 rings (SSSR count). The van der Waals surface area contributed by atoms with Crippen LogP contribution in [-0.4, -0.2) is 37.2 Å². The molecule has 13 nitrogen and oxygen atoms in total. The van der Waals surface area contributed by atoms with Crippen LogP contribution >= 0.6 is 23.2 Å². The van der Waals surface area contributed by atoms with Gasteiger partial charge >= 0.3 is 11.8 Å². The molecule has 2 N–H and O–H groups in total.